The molecule has 0 aliphatic carbocycles. The third-order valence-electron chi connectivity index (χ3n) is 3.82. The molecule has 8 heteroatoms. The van der Waals surface area contributed by atoms with Crippen LogP contribution in [-0.2, 0) is 15.3 Å². The lowest BCUT2D eigenvalue weighted by molar-refractivity contribution is -0.128. The van der Waals surface area contributed by atoms with Crippen molar-refractivity contribution in [2.45, 2.75) is 18.8 Å². The van der Waals surface area contributed by atoms with E-state index in [9.17, 15) is 9.59 Å². The summed E-state index contributed by atoms with van der Waals surface area (Å²) in [7, 11) is 0. The van der Waals surface area contributed by atoms with Gasteiger partial charge in [-0.1, -0.05) is 12.1 Å². The summed E-state index contributed by atoms with van der Waals surface area (Å²) in [5.74, 6) is 2.02. The number of thiophene rings is 1. The average molecular weight is 455 g/mol. The summed E-state index contributed by atoms with van der Waals surface area (Å²) in [6, 6.07) is 11.4. The number of benzene rings is 1. The smallest absolute Gasteiger partial charge is 0.268 e. The number of hydrogen-bond donors (Lipinski definition) is 1. The van der Waals surface area contributed by atoms with Gasteiger partial charge in [0.2, 0.25) is 5.91 Å². The zero-order chi connectivity index (χ0) is 18.5. The summed E-state index contributed by atoms with van der Waals surface area (Å²) in [6.07, 6.45) is -0.585. The van der Waals surface area contributed by atoms with Gasteiger partial charge in [-0.25, -0.2) is 0 Å². The number of hydrogen-bond acceptors (Lipinski definition) is 5. The van der Waals surface area contributed by atoms with Crippen LogP contribution in [0, 0.1) is 0 Å². The number of nitrogens with zero attached hydrogens (tertiary/aromatic N) is 1. The summed E-state index contributed by atoms with van der Waals surface area (Å²) >= 11 is 6.95. The maximum absolute atomic E-state index is 12.4. The molecule has 0 saturated carbocycles. The Morgan fingerprint density at radius 3 is 2.92 bits per heavy atom. The number of fused-ring (bicyclic) bond motifs is 1. The number of rotatable bonds is 7. The first-order valence-corrected chi connectivity index (χ1v) is 11.0. The Labute approximate surface area is 169 Å². The molecule has 1 aliphatic heterocycles. The van der Waals surface area contributed by atoms with Crippen molar-refractivity contribution in [1.29, 1.82) is 0 Å². The van der Waals surface area contributed by atoms with Crippen molar-refractivity contribution in [3.63, 3.8) is 0 Å². The van der Waals surface area contributed by atoms with E-state index in [1.54, 1.807) is 36.1 Å². The maximum Gasteiger partial charge on any atom is 0.268 e. The molecule has 0 radical (unpaired) electrons. The molecule has 1 aromatic carbocycles. The fourth-order valence-corrected chi connectivity index (χ4v) is 5.04. The van der Waals surface area contributed by atoms with Gasteiger partial charge in [0.25, 0.3) is 5.91 Å². The number of thioether (sulfide) groups is 1. The largest absolute Gasteiger partial charge is 0.479 e. The lowest BCUT2D eigenvalue weighted by Crippen LogP contribution is -2.49. The van der Waals surface area contributed by atoms with Crippen LogP contribution in [0.15, 0.2) is 40.2 Å². The molecule has 0 bridgehead atoms. The fraction of sp³-hybridized carbons (Fsp3) is 0.333. The monoisotopic (exact) mass is 454 g/mol. The summed E-state index contributed by atoms with van der Waals surface area (Å²) < 4.78 is 6.71. The van der Waals surface area contributed by atoms with Gasteiger partial charge in [0.05, 0.1) is 9.47 Å². The molecule has 2 heterocycles. The van der Waals surface area contributed by atoms with Crippen LogP contribution in [0.25, 0.3) is 0 Å². The topological polar surface area (TPSA) is 58.6 Å². The summed E-state index contributed by atoms with van der Waals surface area (Å²) in [5, 5.41) is 2.89. The van der Waals surface area contributed by atoms with Crippen LogP contribution in [0.4, 0.5) is 5.69 Å². The Bertz CT molecular complexity index is 796. The van der Waals surface area contributed by atoms with Gasteiger partial charge in [0, 0.05) is 22.9 Å². The Kier molecular flexibility index (Phi) is 6.61. The van der Waals surface area contributed by atoms with Crippen molar-refractivity contribution in [3.05, 3.63) is 45.1 Å². The molecule has 2 amide bonds. The molecular formula is C18H19BrN2O3S2. The van der Waals surface area contributed by atoms with Crippen LogP contribution >= 0.6 is 39.0 Å². The Balaban J connectivity index is 1.46. The first kappa shape index (κ1) is 19.3. The Hall–Kier alpha value is -1.51. The fourth-order valence-electron chi connectivity index (χ4n) is 2.59. The van der Waals surface area contributed by atoms with Gasteiger partial charge < -0.3 is 10.1 Å². The third-order valence-corrected chi connectivity index (χ3v) is 6.63. The van der Waals surface area contributed by atoms with Gasteiger partial charge in [0.1, 0.15) is 12.3 Å². The van der Waals surface area contributed by atoms with E-state index in [4.69, 9.17) is 4.74 Å². The van der Waals surface area contributed by atoms with Crippen molar-refractivity contribution in [3.8, 4) is 5.75 Å². The molecule has 0 saturated heterocycles. The molecule has 26 heavy (non-hydrogen) atoms. The van der Waals surface area contributed by atoms with E-state index in [1.165, 1.54) is 9.78 Å². The minimum absolute atomic E-state index is 0.00604. The molecular weight excluding hydrogens is 436 g/mol. The molecule has 1 N–H and O–H groups in total. The van der Waals surface area contributed by atoms with Crippen molar-refractivity contribution < 1.29 is 14.3 Å². The SMILES string of the molecule is C[C@@H]1Oc2ccccc2N(CC(=O)NCCSCc2ccc(Br)s2)C1=O. The average Bonchev–Trinajstić information content (AvgIpc) is 3.04. The van der Waals surface area contributed by atoms with E-state index < -0.39 is 6.10 Å². The lowest BCUT2D eigenvalue weighted by Gasteiger charge is -2.32. The highest BCUT2D eigenvalue weighted by atomic mass is 79.9. The third kappa shape index (κ3) is 4.81. The van der Waals surface area contributed by atoms with Crippen LogP contribution in [0.5, 0.6) is 5.75 Å². The minimum Gasteiger partial charge on any atom is -0.479 e. The minimum atomic E-state index is -0.585. The van der Waals surface area contributed by atoms with Gasteiger partial charge in [-0.3, -0.25) is 14.5 Å². The summed E-state index contributed by atoms with van der Waals surface area (Å²) in [5.41, 5.74) is 0.642. The van der Waals surface area contributed by atoms with E-state index in [0.29, 0.717) is 18.0 Å². The van der Waals surface area contributed by atoms with E-state index in [2.05, 4.69) is 27.3 Å². The summed E-state index contributed by atoms with van der Waals surface area (Å²) in [4.78, 5) is 27.4. The Morgan fingerprint density at radius 2 is 2.15 bits per heavy atom. The van der Waals surface area contributed by atoms with Crippen LogP contribution in [0.2, 0.25) is 0 Å². The van der Waals surface area contributed by atoms with E-state index in [-0.39, 0.29) is 18.4 Å². The molecule has 0 spiro atoms. The van der Waals surface area contributed by atoms with Gasteiger partial charge in [-0.05, 0) is 47.1 Å². The number of carbonyl (C=O) groups excluding carboxylic acids is 2. The second-order valence-corrected chi connectivity index (χ2v) is 9.41. The van der Waals surface area contributed by atoms with Crippen molar-refractivity contribution in [2.75, 3.05) is 23.7 Å². The molecule has 5 nitrogen and oxygen atoms in total. The van der Waals surface area contributed by atoms with Crippen molar-refractivity contribution >= 4 is 56.5 Å². The Morgan fingerprint density at radius 1 is 1.35 bits per heavy atom. The van der Waals surface area contributed by atoms with Crippen LogP contribution < -0.4 is 15.0 Å². The number of anilines is 1. The second-order valence-electron chi connectivity index (χ2n) is 5.76. The number of carbonyl (C=O) groups is 2. The molecule has 138 valence electrons. The van der Waals surface area contributed by atoms with Gasteiger partial charge in [-0.15, -0.1) is 11.3 Å². The predicted molar refractivity (Wildman–Crippen MR) is 110 cm³/mol. The van der Waals surface area contributed by atoms with Crippen LogP contribution in [0.3, 0.4) is 0 Å². The number of amides is 2. The molecule has 1 atom stereocenters. The number of halogens is 1. The highest BCUT2D eigenvalue weighted by molar-refractivity contribution is 9.11. The molecule has 1 aliphatic rings. The van der Waals surface area contributed by atoms with E-state index in [1.807, 2.05) is 24.3 Å². The highest BCUT2D eigenvalue weighted by Crippen LogP contribution is 2.33. The van der Waals surface area contributed by atoms with E-state index >= 15 is 0 Å². The summed E-state index contributed by atoms with van der Waals surface area (Å²) in [6.45, 7) is 2.28. The maximum atomic E-state index is 12.4. The molecule has 2 aromatic rings. The number of ether oxygens (including phenoxy) is 1. The highest BCUT2D eigenvalue weighted by Gasteiger charge is 2.32. The van der Waals surface area contributed by atoms with Gasteiger partial charge in [-0.2, -0.15) is 11.8 Å². The predicted octanol–water partition coefficient (Wildman–Crippen LogP) is 3.67. The van der Waals surface area contributed by atoms with E-state index in [0.717, 1.165) is 15.3 Å². The first-order valence-electron chi connectivity index (χ1n) is 8.20. The molecule has 3 rings (SSSR count). The van der Waals surface area contributed by atoms with Crippen molar-refractivity contribution in [2.24, 2.45) is 0 Å². The molecule has 0 unspecified atom stereocenters. The van der Waals surface area contributed by atoms with Gasteiger partial charge >= 0.3 is 0 Å². The van der Waals surface area contributed by atoms with Gasteiger partial charge in [0.15, 0.2) is 6.10 Å². The van der Waals surface area contributed by atoms with Crippen LogP contribution in [-0.4, -0.2) is 36.8 Å². The normalized spacial score (nSPS) is 16.2. The molecule has 1 aromatic heterocycles. The first-order chi connectivity index (χ1) is 12.5. The quantitative estimate of drug-likeness (QED) is 0.648. The number of para-hydroxylation sites is 2. The van der Waals surface area contributed by atoms with Crippen LogP contribution in [0.1, 0.15) is 11.8 Å². The second kappa shape index (κ2) is 8.92. The zero-order valence-electron chi connectivity index (χ0n) is 14.2. The molecule has 0 fully saturated rings. The zero-order valence-corrected chi connectivity index (χ0v) is 17.5. The standard InChI is InChI=1S/C18H19BrN2O3S2/c1-12-18(23)21(14-4-2-3-5-15(14)24-12)10-17(22)20-8-9-25-11-13-6-7-16(19)26-13/h2-7,12H,8-11H2,1H3,(H,20,22)/t12-/m0/s1. The lowest BCUT2D eigenvalue weighted by atomic mass is 10.2. The van der Waals surface area contributed by atoms with Crippen molar-refractivity contribution in [1.82, 2.24) is 5.32 Å². The number of nitrogens with one attached hydrogen (secondary N) is 1.